The minimum atomic E-state index is -0.0341. The maximum Gasteiger partial charge on any atom is 0.265 e. The number of hydrogen-bond donors (Lipinski definition) is 1. The molecular weight excluding hydrogens is 416 g/mol. The van der Waals surface area contributed by atoms with Crippen molar-refractivity contribution in [1.29, 1.82) is 0 Å². The summed E-state index contributed by atoms with van der Waals surface area (Å²) in [5, 5.41) is 3.00. The Morgan fingerprint density at radius 1 is 1.03 bits per heavy atom. The van der Waals surface area contributed by atoms with Crippen molar-refractivity contribution < 1.29 is 9.59 Å². The Kier molecular flexibility index (Phi) is 5.58. The third-order valence-electron chi connectivity index (χ3n) is 5.80. The predicted molar refractivity (Wildman–Crippen MR) is 130 cm³/mol. The number of hydrogen-bond acceptors (Lipinski definition) is 3. The first kappa shape index (κ1) is 20.6. The van der Waals surface area contributed by atoms with E-state index in [1.54, 1.807) is 0 Å². The van der Waals surface area contributed by atoms with Gasteiger partial charge in [-0.2, -0.15) is 0 Å². The van der Waals surface area contributed by atoms with Gasteiger partial charge in [0.05, 0.1) is 17.1 Å². The third-order valence-corrected chi connectivity index (χ3v) is 6.88. The van der Waals surface area contributed by atoms with Crippen LogP contribution in [0.3, 0.4) is 0 Å². The summed E-state index contributed by atoms with van der Waals surface area (Å²) in [6, 6.07) is 24.0. The van der Waals surface area contributed by atoms with Crippen LogP contribution in [0.2, 0.25) is 0 Å². The van der Waals surface area contributed by atoms with Crippen molar-refractivity contribution in [1.82, 2.24) is 5.32 Å². The van der Waals surface area contributed by atoms with Crippen molar-refractivity contribution in [3.63, 3.8) is 0 Å². The molecule has 0 bridgehead atoms. The lowest BCUT2D eigenvalue weighted by molar-refractivity contribution is -0.114. The summed E-state index contributed by atoms with van der Waals surface area (Å²) >= 11 is 1.50. The largest absolute Gasteiger partial charge is 0.349 e. The molecule has 1 fully saturated rings. The molecule has 4 nitrogen and oxygen atoms in total. The van der Waals surface area contributed by atoms with Crippen LogP contribution in [0, 0.1) is 6.92 Å². The van der Waals surface area contributed by atoms with Gasteiger partial charge in [-0.15, -0.1) is 0 Å². The Bertz CT molecular complexity index is 1210. The second-order valence-corrected chi connectivity index (χ2v) is 9.35. The van der Waals surface area contributed by atoms with Crippen molar-refractivity contribution in [2.75, 3.05) is 4.90 Å². The van der Waals surface area contributed by atoms with Crippen LogP contribution in [-0.4, -0.2) is 17.9 Å². The first-order valence-corrected chi connectivity index (χ1v) is 11.7. The Labute approximate surface area is 192 Å². The number of rotatable bonds is 5. The monoisotopic (exact) mass is 440 g/mol. The van der Waals surface area contributed by atoms with Crippen LogP contribution < -0.4 is 10.2 Å². The number of nitrogens with zero attached hydrogens (tertiary/aromatic N) is 1. The van der Waals surface area contributed by atoms with Crippen molar-refractivity contribution in [3.05, 3.63) is 100.0 Å². The number of carbonyl (C=O) groups is 2. The van der Waals surface area contributed by atoms with Crippen LogP contribution in [0.1, 0.15) is 39.9 Å². The van der Waals surface area contributed by atoms with E-state index in [4.69, 9.17) is 0 Å². The lowest BCUT2D eigenvalue weighted by Crippen LogP contribution is -2.33. The van der Waals surface area contributed by atoms with Crippen LogP contribution in [0.4, 0.5) is 5.69 Å². The second-order valence-electron chi connectivity index (χ2n) is 8.27. The molecule has 0 aromatic heterocycles. The zero-order valence-electron chi connectivity index (χ0n) is 17.9. The number of para-hydroxylation sites is 1. The van der Waals surface area contributed by atoms with Crippen LogP contribution in [0.25, 0.3) is 6.08 Å². The summed E-state index contributed by atoms with van der Waals surface area (Å²) in [7, 11) is 0. The Balaban J connectivity index is 1.43. The molecule has 1 aliphatic carbocycles. The topological polar surface area (TPSA) is 49.4 Å². The Hall–Kier alpha value is -3.31. The van der Waals surface area contributed by atoms with E-state index < -0.39 is 0 Å². The molecule has 160 valence electrons. The number of anilines is 1. The molecule has 0 spiro atoms. The van der Waals surface area contributed by atoms with Crippen LogP contribution in [0.5, 0.6) is 0 Å². The summed E-state index contributed by atoms with van der Waals surface area (Å²) < 4.78 is 0. The molecular formula is C27H24N2O2S. The van der Waals surface area contributed by atoms with E-state index in [9.17, 15) is 9.59 Å². The molecule has 1 heterocycles. The first-order chi connectivity index (χ1) is 15.6. The summed E-state index contributed by atoms with van der Waals surface area (Å²) in [6.07, 6.45) is 4.04. The van der Waals surface area contributed by atoms with Crippen molar-refractivity contribution in [2.24, 2.45) is 0 Å². The zero-order valence-corrected chi connectivity index (χ0v) is 18.7. The maximum absolute atomic E-state index is 13.5. The molecule has 2 amide bonds. The van der Waals surface area contributed by atoms with E-state index in [2.05, 4.69) is 30.4 Å². The molecule has 0 atom stereocenters. The molecule has 3 aromatic rings. The number of benzene rings is 3. The van der Waals surface area contributed by atoms with Gasteiger partial charge in [-0.1, -0.05) is 60.3 Å². The van der Waals surface area contributed by atoms with Gasteiger partial charge < -0.3 is 10.2 Å². The van der Waals surface area contributed by atoms with Gasteiger partial charge in [-0.25, -0.2) is 0 Å². The molecule has 1 saturated carbocycles. The van der Waals surface area contributed by atoms with Gasteiger partial charge in [-0.3, -0.25) is 9.59 Å². The van der Waals surface area contributed by atoms with E-state index >= 15 is 0 Å². The fourth-order valence-corrected chi connectivity index (χ4v) is 4.81. The lowest BCUT2D eigenvalue weighted by Gasteiger charge is -2.31. The highest BCUT2D eigenvalue weighted by Crippen LogP contribution is 2.42. The SMILES string of the molecule is Cc1ccccc1CN1C(=O)C(=Cc2ccc(C(=O)NC3CC3)cc2)Sc2ccccc21. The number of aryl methyl sites for hydroxylation is 1. The highest BCUT2D eigenvalue weighted by atomic mass is 32.2. The first-order valence-electron chi connectivity index (χ1n) is 10.8. The minimum absolute atomic E-state index is 0.00694. The number of nitrogens with one attached hydrogen (secondary N) is 1. The lowest BCUT2D eigenvalue weighted by atomic mass is 10.1. The molecule has 5 rings (SSSR count). The van der Waals surface area contributed by atoms with Gasteiger partial charge in [0.25, 0.3) is 11.8 Å². The van der Waals surface area contributed by atoms with Crippen LogP contribution >= 0.6 is 11.8 Å². The summed E-state index contributed by atoms with van der Waals surface area (Å²) in [5.41, 5.74) is 4.79. The van der Waals surface area contributed by atoms with E-state index in [-0.39, 0.29) is 11.8 Å². The third kappa shape index (κ3) is 4.34. The number of fused-ring (bicyclic) bond motifs is 1. The van der Waals surface area contributed by atoms with Gasteiger partial charge >= 0.3 is 0 Å². The van der Waals surface area contributed by atoms with Crippen molar-refractivity contribution in [3.8, 4) is 0 Å². The van der Waals surface area contributed by atoms with E-state index in [1.165, 1.54) is 17.3 Å². The molecule has 2 aliphatic rings. The van der Waals surface area contributed by atoms with Gasteiger partial charge in [0.15, 0.2) is 0 Å². The fourth-order valence-electron chi connectivity index (χ4n) is 3.76. The Morgan fingerprint density at radius 2 is 1.75 bits per heavy atom. The van der Waals surface area contributed by atoms with Crippen LogP contribution in [-0.2, 0) is 11.3 Å². The molecule has 0 radical (unpaired) electrons. The Morgan fingerprint density at radius 3 is 2.50 bits per heavy atom. The normalized spacial score (nSPS) is 16.7. The number of amides is 2. The molecule has 1 N–H and O–H groups in total. The fraction of sp³-hybridized carbons (Fsp3) is 0.185. The summed E-state index contributed by atoms with van der Waals surface area (Å²) in [6.45, 7) is 2.60. The average Bonchev–Trinajstić information content (AvgIpc) is 3.62. The summed E-state index contributed by atoms with van der Waals surface area (Å²) in [4.78, 5) is 29.3. The van der Waals surface area contributed by atoms with Gasteiger partial charge in [0.2, 0.25) is 0 Å². The maximum atomic E-state index is 13.5. The van der Waals surface area contributed by atoms with Crippen LogP contribution in [0.15, 0.2) is 82.6 Å². The van der Waals surface area contributed by atoms with E-state index in [0.717, 1.165) is 34.6 Å². The predicted octanol–water partition coefficient (Wildman–Crippen LogP) is 5.57. The minimum Gasteiger partial charge on any atom is -0.349 e. The van der Waals surface area contributed by atoms with E-state index in [0.29, 0.717) is 23.1 Å². The smallest absolute Gasteiger partial charge is 0.265 e. The van der Waals surface area contributed by atoms with Crippen molar-refractivity contribution >= 4 is 35.3 Å². The quantitative estimate of drug-likeness (QED) is 0.528. The number of thioether (sulfide) groups is 1. The molecule has 1 aliphatic heterocycles. The van der Waals surface area contributed by atoms with Gasteiger partial charge in [0, 0.05) is 16.5 Å². The molecule has 0 saturated heterocycles. The second kappa shape index (κ2) is 8.67. The molecule has 5 heteroatoms. The summed E-state index contributed by atoms with van der Waals surface area (Å²) in [5.74, 6) is -0.0411. The number of carbonyl (C=O) groups excluding carboxylic acids is 2. The molecule has 0 unspecified atom stereocenters. The van der Waals surface area contributed by atoms with Gasteiger partial charge in [-0.05, 0) is 66.8 Å². The average molecular weight is 441 g/mol. The highest BCUT2D eigenvalue weighted by molar-refractivity contribution is 8.04. The standard InChI is InChI=1S/C27H24N2O2S/c1-18-6-2-3-7-21(18)17-29-23-8-4-5-9-24(23)32-25(27(29)31)16-19-10-12-20(13-11-19)26(30)28-22-14-15-22/h2-13,16,22H,14-15,17H2,1H3,(H,28,30). The van der Waals surface area contributed by atoms with Gasteiger partial charge in [0.1, 0.15) is 0 Å². The molecule has 32 heavy (non-hydrogen) atoms. The van der Waals surface area contributed by atoms with Crippen molar-refractivity contribution in [2.45, 2.75) is 37.2 Å². The zero-order chi connectivity index (χ0) is 22.1. The molecule has 3 aromatic carbocycles. The highest BCUT2D eigenvalue weighted by Gasteiger charge is 2.29. The van der Waals surface area contributed by atoms with E-state index in [1.807, 2.05) is 65.6 Å².